The molecule has 1 aliphatic rings. The second-order valence-electron chi connectivity index (χ2n) is 6.59. The fraction of sp³-hybridized carbons (Fsp3) is 0.263. The first-order valence-electron chi connectivity index (χ1n) is 8.43. The molecule has 0 unspecified atom stereocenters. The van der Waals surface area contributed by atoms with Crippen molar-refractivity contribution in [1.82, 2.24) is 0 Å². The molecule has 0 radical (unpaired) electrons. The summed E-state index contributed by atoms with van der Waals surface area (Å²) < 4.78 is 10.5. The topological polar surface area (TPSA) is 103 Å². The summed E-state index contributed by atoms with van der Waals surface area (Å²) in [6.07, 6.45) is 0.387. The van der Waals surface area contributed by atoms with Crippen LogP contribution in [0.3, 0.4) is 0 Å². The van der Waals surface area contributed by atoms with E-state index in [0.29, 0.717) is 35.0 Å². The van der Waals surface area contributed by atoms with Crippen molar-refractivity contribution < 1.29 is 19.1 Å². The minimum Gasteiger partial charge on any atom is -0.454 e. The fourth-order valence-corrected chi connectivity index (χ4v) is 2.82. The molecule has 1 heterocycles. The van der Waals surface area contributed by atoms with Gasteiger partial charge in [0, 0.05) is 24.2 Å². The number of nitrogens with two attached hydrogens (primary N) is 1. The highest BCUT2D eigenvalue weighted by Crippen LogP contribution is 2.38. The zero-order valence-corrected chi connectivity index (χ0v) is 16.9. The third-order valence-electron chi connectivity index (χ3n) is 3.88. The molecule has 28 heavy (non-hydrogen) atoms. The number of rotatable bonds is 5. The van der Waals surface area contributed by atoms with Crippen molar-refractivity contribution >= 4 is 52.9 Å². The van der Waals surface area contributed by atoms with Crippen molar-refractivity contribution in [3.05, 3.63) is 40.9 Å². The number of carbonyl (C=O) groups is 2. The number of nitrogen functional groups attached to an aromatic ring is 1. The molecule has 150 valence electrons. The van der Waals surface area contributed by atoms with E-state index in [1.165, 1.54) is 6.07 Å². The number of hydrogen-bond donors (Lipinski definition) is 3. The van der Waals surface area contributed by atoms with Gasteiger partial charge in [0.05, 0.1) is 22.0 Å². The highest BCUT2D eigenvalue weighted by atomic mass is 35.5. The van der Waals surface area contributed by atoms with Gasteiger partial charge in [-0.25, -0.2) is 0 Å². The third kappa shape index (κ3) is 4.99. The quantitative estimate of drug-likeness (QED) is 0.619. The SMILES string of the molecule is CC(C)CC(=O)Nc1ccc(Cl)c(C(=O)Nc2cc3c(cc2N)OCO3)c1.Cl. The van der Waals surface area contributed by atoms with Gasteiger partial charge in [-0.1, -0.05) is 25.4 Å². The van der Waals surface area contributed by atoms with E-state index in [4.69, 9.17) is 26.8 Å². The first-order chi connectivity index (χ1) is 12.8. The molecule has 0 aliphatic carbocycles. The summed E-state index contributed by atoms with van der Waals surface area (Å²) in [5, 5.41) is 5.74. The summed E-state index contributed by atoms with van der Waals surface area (Å²) >= 11 is 6.16. The lowest BCUT2D eigenvalue weighted by molar-refractivity contribution is -0.116. The maximum absolute atomic E-state index is 12.7. The van der Waals surface area contributed by atoms with E-state index < -0.39 is 5.91 Å². The summed E-state index contributed by atoms with van der Waals surface area (Å²) in [5.74, 6) is 0.678. The Kier molecular flexibility index (Phi) is 6.99. The molecule has 0 saturated carbocycles. The number of benzene rings is 2. The summed E-state index contributed by atoms with van der Waals surface area (Å²) in [7, 11) is 0. The number of fused-ring (bicyclic) bond motifs is 1. The van der Waals surface area contributed by atoms with Crippen LogP contribution in [-0.4, -0.2) is 18.6 Å². The maximum atomic E-state index is 12.7. The zero-order valence-electron chi connectivity index (χ0n) is 15.4. The van der Waals surface area contributed by atoms with Gasteiger partial charge in [-0.3, -0.25) is 9.59 Å². The number of amides is 2. The Labute approximate surface area is 173 Å². The monoisotopic (exact) mass is 425 g/mol. The number of ether oxygens (including phenoxy) is 2. The average Bonchev–Trinajstić information content (AvgIpc) is 3.03. The van der Waals surface area contributed by atoms with Crippen molar-refractivity contribution in [3.63, 3.8) is 0 Å². The van der Waals surface area contributed by atoms with Crippen LogP contribution in [0.1, 0.15) is 30.6 Å². The van der Waals surface area contributed by atoms with Crippen molar-refractivity contribution in [2.24, 2.45) is 5.92 Å². The van der Waals surface area contributed by atoms with Crippen molar-refractivity contribution in [2.75, 3.05) is 23.2 Å². The van der Waals surface area contributed by atoms with Gasteiger partial charge >= 0.3 is 0 Å². The van der Waals surface area contributed by atoms with E-state index in [9.17, 15) is 9.59 Å². The van der Waals surface area contributed by atoms with Crippen LogP contribution in [-0.2, 0) is 4.79 Å². The molecule has 0 spiro atoms. The number of halogens is 2. The Bertz CT molecular complexity index is 903. The van der Waals surface area contributed by atoms with E-state index in [1.54, 1.807) is 24.3 Å². The molecule has 0 atom stereocenters. The van der Waals surface area contributed by atoms with Gasteiger partial charge in [0.15, 0.2) is 11.5 Å². The van der Waals surface area contributed by atoms with Crippen molar-refractivity contribution in [2.45, 2.75) is 20.3 Å². The lowest BCUT2D eigenvalue weighted by Crippen LogP contribution is -2.16. The van der Waals surface area contributed by atoms with E-state index in [0.717, 1.165) is 0 Å². The molecule has 4 N–H and O–H groups in total. The van der Waals surface area contributed by atoms with Gasteiger partial charge in [-0.15, -0.1) is 12.4 Å². The molecule has 2 aromatic carbocycles. The highest BCUT2D eigenvalue weighted by Gasteiger charge is 2.19. The molecule has 0 fully saturated rings. The highest BCUT2D eigenvalue weighted by molar-refractivity contribution is 6.34. The van der Waals surface area contributed by atoms with Crippen LogP contribution < -0.4 is 25.8 Å². The van der Waals surface area contributed by atoms with E-state index >= 15 is 0 Å². The second kappa shape index (κ2) is 9.03. The third-order valence-corrected chi connectivity index (χ3v) is 4.21. The number of carbonyl (C=O) groups excluding carboxylic acids is 2. The molecule has 9 heteroatoms. The van der Waals surface area contributed by atoms with Crippen molar-refractivity contribution in [1.29, 1.82) is 0 Å². The number of anilines is 3. The number of hydrogen-bond acceptors (Lipinski definition) is 5. The van der Waals surface area contributed by atoms with Crippen LogP contribution in [0.5, 0.6) is 11.5 Å². The molecule has 0 aromatic heterocycles. The van der Waals surface area contributed by atoms with Gasteiger partial charge in [-0.2, -0.15) is 0 Å². The van der Waals surface area contributed by atoms with Crippen LogP contribution in [0.15, 0.2) is 30.3 Å². The Morgan fingerprint density at radius 3 is 2.50 bits per heavy atom. The fourth-order valence-electron chi connectivity index (χ4n) is 2.62. The van der Waals surface area contributed by atoms with Crippen LogP contribution in [0.4, 0.5) is 17.1 Å². The van der Waals surface area contributed by atoms with E-state index in [1.807, 2.05) is 13.8 Å². The Morgan fingerprint density at radius 1 is 1.14 bits per heavy atom. The molecule has 7 nitrogen and oxygen atoms in total. The van der Waals surface area contributed by atoms with Crippen molar-refractivity contribution in [3.8, 4) is 11.5 Å². The van der Waals surface area contributed by atoms with Gasteiger partial charge in [-0.05, 0) is 24.1 Å². The average molecular weight is 426 g/mol. The zero-order chi connectivity index (χ0) is 19.6. The van der Waals surface area contributed by atoms with Gasteiger partial charge in [0.25, 0.3) is 5.91 Å². The van der Waals surface area contributed by atoms with Crippen LogP contribution in [0.25, 0.3) is 0 Å². The van der Waals surface area contributed by atoms with E-state index in [2.05, 4.69) is 10.6 Å². The Balaban J connectivity index is 0.00000280. The predicted molar refractivity (Wildman–Crippen MR) is 112 cm³/mol. The largest absolute Gasteiger partial charge is 0.454 e. The summed E-state index contributed by atoms with van der Waals surface area (Å²) in [5.41, 5.74) is 7.39. The Morgan fingerprint density at radius 2 is 1.82 bits per heavy atom. The maximum Gasteiger partial charge on any atom is 0.257 e. The number of nitrogens with one attached hydrogen (secondary N) is 2. The molecular weight excluding hydrogens is 405 g/mol. The lowest BCUT2D eigenvalue weighted by atomic mass is 10.1. The molecule has 2 aromatic rings. The van der Waals surface area contributed by atoms with Crippen LogP contribution in [0.2, 0.25) is 5.02 Å². The summed E-state index contributed by atoms with van der Waals surface area (Å²) in [6.45, 7) is 4.02. The molecule has 1 aliphatic heterocycles. The molecule has 2 amide bonds. The van der Waals surface area contributed by atoms with Gasteiger partial charge in [0.1, 0.15) is 0 Å². The summed E-state index contributed by atoms with van der Waals surface area (Å²) in [4.78, 5) is 24.6. The normalized spacial score (nSPS) is 11.7. The lowest BCUT2D eigenvalue weighted by Gasteiger charge is -2.12. The second-order valence-corrected chi connectivity index (χ2v) is 6.99. The molecule has 3 rings (SSSR count). The van der Waals surface area contributed by atoms with Crippen LogP contribution >= 0.6 is 24.0 Å². The van der Waals surface area contributed by atoms with Crippen LogP contribution in [0, 0.1) is 5.92 Å². The summed E-state index contributed by atoms with van der Waals surface area (Å²) in [6, 6.07) is 7.91. The minimum absolute atomic E-state index is 0. The first kappa shape index (κ1) is 21.7. The van der Waals surface area contributed by atoms with Gasteiger partial charge < -0.3 is 25.8 Å². The molecule has 0 bridgehead atoms. The molecule has 0 saturated heterocycles. The Hall–Kier alpha value is -2.64. The predicted octanol–water partition coefficient (Wildman–Crippen LogP) is 4.31. The van der Waals surface area contributed by atoms with Gasteiger partial charge in [0.2, 0.25) is 12.7 Å². The minimum atomic E-state index is -0.453. The standard InChI is InChI=1S/C19H20ClN3O4.ClH/c1-10(2)5-18(24)22-11-3-4-13(20)12(6-11)19(25)23-15-8-17-16(7-14(15)21)26-9-27-17;/h3-4,6-8,10H,5,9,21H2,1-2H3,(H,22,24)(H,23,25);1H. The van der Waals surface area contributed by atoms with E-state index in [-0.39, 0.29) is 41.6 Å². The first-order valence-corrected chi connectivity index (χ1v) is 8.81. The smallest absolute Gasteiger partial charge is 0.257 e. The molecular formula is C19H21Cl2N3O4.